The van der Waals surface area contributed by atoms with Gasteiger partial charge in [0.1, 0.15) is 6.10 Å². The SMILES string of the molecule is CC(C)(C)C1CCN(C(=O)C2CCCCO2)CC1. The average Bonchev–Trinajstić information content (AvgIpc) is 2.38. The van der Waals surface area contributed by atoms with Crippen LogP contribution in [0.5, 0.6) is 0 Å². The lowest BCUT2D eigenvalue weighted by Crippen LogP contribution is -2.47. The summed E-state index contributed by atoms with van der Waals surface area (Å²) in [5, 5.41) is 0. The highest BCUT2D eigenvalue weighted by atomic mass is 16.5. The van der Waals surface area contributed by atoms with E-state index in [1.807, 2.05) is 4.90 Å². The molecule has 0 N–H and O–H groups in total. The summed E-state index contributed by atoms with van der Waals surface area (Å²) in [6, 6.07) is 0. The highest BCUT2D eigenvalue weighted by Crippen LogP contribution is 2.34. The normalized spacial score (nSPS) is 27.3. The Bertz CT molecular complexity index is 281. The van der Waals surface area contributed by atoms with E-state index < -0.39 is 0 Å². The van der Waals surface area contributed by atoms with Crippen LogP contribution in [-0.4, -0.2) is 36.6 Å². The van der Waals surface area contributed by atoms with Gasteiger partial charge in [0.15, 0.2) is 0 Å². The van der Waals surface area contributed by atoms with Crippen LogP contribution in [0.25, 0.3) is 0 Å². The van der Waals surface area contributed by atoms with Crippen LogP contribution in [0.3, 0.4) is 0 Å². The van der Waals surface area contributed by atoms with E-state index in [0.29, 0.717) is 5.41 Å². The predicted molar refractivity (Wildman–Crippen MR) is 72.4 cm³/mol. The van der Waals surface area contributed by atoms with E-state index in [2.05, 4.69) is 20.8 Å². The Morgan fingerprint density at radius 3 is 2.28 bits per heavy atom. The summed E-state index contributed by atoms with van der Waals surface area (Å²) in [6.07, 6.45) is 5.29. The number of carbonyl (C=O) groups excluding carboxylic acids is 1. The number of rotatable bonds is 1. The van der Waals surface area contributed by atoms with Crippen LogP contribution < -0.4 is 0 Å². The molecule has 0 aliphatic carbocycles. The van der Waals surface area contributed by atoms with Gasteiger partial charge >= 0.3 is 0 Å². The van der Waals surface area contributed by atoms with Gasteiger partial charge in [-0.15, -0.1) is 0 Å². The molecule has 0 spiro atoms. The molecule has 3 nitrogen and oxygen atoms in total. The van der Waals surface area contributed by atoms with Crippen molar-refractivity contribution in [2.75, 3.05) is 19.7 Å². The Hall–Kier alpha value is -0.570. The lowest BCUT2D eigenvalue weighted by Gasteiger charge is -2.40. The summed E-state index contributed by atoms with van der Waals surface area (Å²) in [6.45, 7) is 9.51. The van der Waals surface area contributed by atoms with Crippen molar-refractivity contribution in [1.82, 2.24) is 4.90 Å². The van der Waals surface area contributed by atoms with Crippen molar-refractivity contribution in [1.29, 1.82) is 0 Å². The first-order chi connectivity index (χ1) is 8.48. The number of hydrogen-bond acceptors (Lipinski definition) is 2. The quantitative estimate of drug-likeness (QED) is 0.719. The maximum atomic E-state index is 12.3. The van der Waals surface area contributed by atoms with Crippen LogP contribution in [0.2, 0.25) is 0 Å². The molecule has 18 heavy (non-hydrogen) atoms. The van der Waals surface area contributed by atoms with Crippen molar-refractivity contribution in [3.63, 3.8) is 0 Å². The van der Waals surface area contributed by atoms with E-state index >= 15 is 0 Å². The number of likely N-dealkylation sites (tertiary alicyclic amines) is 1. The molecule has 2 saturated heterocycles. The number of ether oxygens (including phenoxy) is 1. The second-order valence-electron chi connectivity index (χ2n) is 6.82. The number of carbonyl (C=O) groups is 1. The third-order valence-electron chi connectivity index (χ3n) is 4.49. The van der Waals surface area contributed by atoms with Gasteiger partial charge in [0.05, 0.1) is 0 Å². The summed E-state index contributed by atoms with van der Waals surface area (Å²) >= 11 is 0. The van der Waals surface area contributed by atoms with Crippen LogP contribution in [-0.2, 0) is 9.53 Å². The van der Waals surface area contributed by atoms with Gasteiger partial charge in [-0.2, -0.15) is 0 Å². The molecule has 1 atom stereocenters. The number of piperidine rings is 1. The summed E-state index contributed by atoms with van der Waals surface area (Å²) in [5.74, 6) is 0.982. The van der Waals surface area contributed by atoms with Crippen molar-refractivity contribution in [3.05, 3.63) is 0 Å². The zero-order valence-corrected chi connectivity index (χ0v) is 12.1. The van der Waals surface area contributed by atoms with E-state index in [-0.39, 0.29) is 12.0 Å². The molecule has 2 aliphatic heterocycles. The average molecular weight is 253 g/mol. The van der Waals surface area contributed by atoms with Crippen molar-refractivity contribution in [2.45, 2.75) is 59.0 Å². The van der Waals surface area contributed by atoms with Gasteiger partial charge in [-0.05, 0) is 43.4 Å². The molecule has 1 unspecified atom stereocenters. The molecule has 2 aliphatic rings. The largest absolute Gasteiger partial charge is 0.368 e. The highest BCUT2D eigenvalue weighted by Gasteiger charge is 2.33. The Balaban J connectivity index is 1.83. The minimum atomic E-state index is -0.148. The minimum absolute atomic E-state index is 0.148. The van der Waals surface area contributed by atoms with E-state index in [1.54, 1.807) is 0 Å². The third-order valence-corrected chi connectivity index (χ3v) is 4.49. The molecule has 0 aromatic rings. The fourth-order valence-corrected chi connectivity index (χ4v) is 3.11. The van der Waals surface area contributed by atoms with E-state index in [1.165, 1.54) is 0 Å². The molecular weight excluding hydrogens is 226 g/mol. The minimum Gasteiger partial charge on any atom is -0.368 e. The van der Waals surface area contributed by atoms with Gasteiger partial charge in [-0.1, -0.05) is 20.8 Å². The molecule has 1 amide bonds. The maximum absolute atomic E-state index is 12.3. The topological polar surface area (TPSA) is 29.5 Å². The molecule has 0 aromatic heterocycles. The van der Waals surface area contributed by atoms with Crippen molar-refractivity contribution in [2.24, 2.45) is 11.3 Å². The fourth-order valence-electron chi connectivity index (χ4n) is 3.11. The lowest BCUT2D eigenvalue weighted by atomic mass is 9.75. The van der Waals surface area contributed by atoms with Gasteiger partial charge in [0.25, 0.3) is 5.91 Å². The molecule has 2 heterocycles. The summed E-state index contributed by atoms with van der Waals surface area (Å²) < 4.78 is 5.60. The van der Waals surface area contributed by atoms with Crippen molar-refractivity contribution < 1.29 is 9.53 Å². The maximum Gasteiger partial charge on any atom is 0.251 e. The van der Waals surface area contributed by atoms with Crippen LogP contribution in [0, 0.1) is 11.3 Å². The van der Waals surface area contributed by atoms with Crippen LogP contribution in [0.15, 0.2) is 0 Å². The monoisotopic (exact) mass is 253 g/mol. The van der Waals surface area contributed by atoms with Gasteiger partial charge in [0, 0.05) is 19.7 Å². The van der Waals surface area contributed by atoms with E-state index in [4.69, 9.17) is 4.74 Å². The zero-order chi connectivity index (χ0) is 13.2. The Kier molecular flexibility index (Phi) is 4.31. The van der Waals surface area contributed by atoms with E-state index in [9.17, 15) is 4.79 Å². The van der Waals surface area contributed by atoms with Gasteiger partial charge in [-0.25, -0.2) is 0 Å². The molecule has 2 fully saturated rings. The first-order valence-electron chi connectivity index (χ1n) is 7.39. The molecule has 0 saturated carbocycles. The molecular formula is C15H27NO2. The number of amides is 1. The lowest BCUT2D eigenvalue weighted by molar-refractivity contribution is -0.148. The van der Waals surface area contributed by atoms with E-state index in [0.717, 1.165) is 57.7 Å². The Morgan fingerprint density at radius 1 is 1.11 bits per heavy atom. The first-order valence-corrected chi connectivity index (χ1v) is 7.39. The second kappa shape index (κ2) is 5.60. The molecule has 0 aromatic carbocycles. The Labute approximate surface area is 111 Å². The molecule has 0 bridgehead atoms. The number of nitrogens with zero attached hydrogens (tertiary/aromatic N) is 1. The second-order valence-corrected chi connectivity index (χ2v) is 6.82. The number of hydrogen-bond donors (Lipinski definition) is 0. The fraction of sp³-hybridized carbons (Fsp3) is 0.933. The Morgan fingerprint density at radius 2 is 1.78 bits per heavy atom. The first kappa shape index (κ1) is 13.9. The van der Waals surface area contributed by atoms with Gasteiger partial charge in [-0.3, -0.25) is 4.79 Å². The standard InChI is InChI=1S/C15H27NO2/c1-15(2,3)12-7-9-16(10-8-12)14(17)13-6-4-5-11-18-13/h12-13H,4-11H2,1-3H3. The summed E-state index contributed by atoms with van der Waals surface area (Å²) in [5.41, 5.74) is 0.372. The molecule has 3 heteroatoms. The van der Waals surface area contributed by atoms with Crippen molar-refractivity contribution in [3.8, 4) is 0 Å². The van der Waals surface area contributed by atoms with Crippen LogP contribution >= 0.6 is 0 Å². The van der Waals surface area contributed by atoms with Crippen LogP contribution in [0.4, 0.5) is 0 Å². The molecule has 104 valence electrons. The van der Waals surface area contributed by atoms with Crippen molar-refractivity contribution >= 4 is 5.91 Å². The smallest absolute Gasteiger partial charge is 0.251 e. The predicted octanol–water partition coefficient (Wildman–Crippen LogP) is 2.84. The van der Waals surface area contributed by atoms with Gasteiger partial charge in [0.2, 0.25) is 0 Å². The van der Waals surface area contributed by atoms with Crippen LogP contribution in [0.1, 0.15) is 52.9 Å². The molecule has 2 rings (SSSR count). The zero-order valence-electron chi connectivity index (χ0n) is 12.1. The third kappa shape index (κ3) is 3.25. The summed E-state index contributed by atoms with van der Waals surface area (Å²) in [4.78, 5) is 14.3. The highest BCUT2D eigenvalue weighted by molar-refractivity contribution is 5.81. The summed E-state index contributed by atoms with van der Waals surface area (Å²) in [7, 11) is 0. The van der Waals surface area contributed by atoms with Gasteiger partial charge < -0.3 is 9.64 Å². The molecule has 0 radical (unpaired) electrons.